The molecule has 1 aliphatic heterocycles. The van der Waals surface area contributed by atoms with Crippen molar-refractivity contribution in [1.29, 1.82) is 0 Å². The normalized spacial score (nSPS) is 16.7. The van der Waals surface area contributed by atoms with E-state index in [4.69, 9.17) is 0 Å². The number of benzene rings is 1. The van der Waals surface area contributed by atoms with Crippen molar-refractivity contribution >= 4 is 22.8 Å². The van der Waals surface area contributed by atoms with Gasteiger partial charge >= 0.3 is 5.69 Å². The van der Waals surface area contributed by atoms with Crippen molar-refractivity contribution in [3.63, 3.8) is 0 Å². The van der Waals surface area contributed by atoms with Crippen LogP contribution in [0, 0.1) is 11.7 Å². The number of hydrogen-bond acceptors (Lipinski definition) is 4. The predicted molar refractivity (Wildman–Crippen MR) is 102 cm³/mol. The molecule has 0 radical (unpaired) electrons. The minimum atomic E-state index is -0.355. The predicted octanol–water partition coefficient (Wildman–Crippen LogP) is 2.23. The third kappa shape index (κ3) is 2.67. The Morgan fingerprint density at radius 1 is 1.19 bits per heavy atom. The molecule has 27 heavy (non-hydrogen) atoms. The largest absolute Gasteiger partial charge is 0.332 e. The molecule has 0 spiro atoms. The Hall–Kier alpha value is -2.90. The molecule has 1 aromatic carbocycles. The molecule has 8 heteroatoms. The van der Waals surface area contributed by atoms with Gasteiger partial charge in [0.2, 0.25) is 5.95 Å². The summed E-state index contributed by atoms with van der Waals surface area (Å²) >= 11 is 0. The van der Waals surface area contributed by atoms with Crippen molar-refractivity contribution in [3.05, 3.63) is 50.9 Å². The van der Waals surface area contributed by atoms with E-state index in [1.165, 1.54) is 21.3 Å². The third-order valence-electron chi connectivity index (χ3n) is 5.03. The SMILES string of the molecule is CCCn1c(=O)c2c(nc3n2C[C@@H](C)CN3c2ccc(F)cc2)n(C)c1=O. The molecule has 0 saturated carbocycles. The van der Waals surface area contributed by atoms with Gasteiger partial charge in [-0.05, 0) is 36.6 Å². The van der Waals surface area contributed by atoms with Crippen molar-refractivity contribution in [2.75, 3.05) is 11.4 Å². The standard InChI is InChI=1S/C19H22FN5O2/c1-4-9-23-17(26)15-16(22(3)19(23)27)21-18-24(10-12(2)11-25(15)18)14-7-5-13(20)6-8-14/h5-8,12H,4,9-11H2,1-3H3/t12-/m0/s1. The second-order valence-electron chi connectivity index (χ2n) is 7.19. The number of hydrogen-bond donors (Lipinski definition) is 0. The maximum atomic E-state index is 13.3. The van der Waals surface area contributed by atoms with E-state index >= 15 is 0 Å². The molecule has 0 fully saturated rings. The number of imidazole rings is 1. The van der Waals surface area contributed by atoms with Crippen LogP contribution in [0.25, 0.3) is 11.2 Å². The Balaban J connectivity index is 2.00. The average Bonchev–Trinajstić information content (AvgIpc) is 3.03. The van der Waals surface area contributed by atoms with Crippen LogP contribution < -0.4 is 16.1 Å². The van der Waals surface area contributed by atoms with Gasteiger partial charge in [-0.25, -0.2) is 9.18 Å². The summed E-state index contributed by atoms with van der Waals surface area (Å²) in [6, 6.07) is 6.22. The number of rotatable bonds is 3. The van der Waals surface area contributed by atoms with E-state index in [0.29, 0.717) is 43.2 Å². The van der Waals surface area contributed by atoms with Crippen LogP contribution >= 0.6 is 0 Å². The van der Waals surface area contributed by atoms with E-state index in [0.717, 1.165) is 5.69 Å². The number of aryl methyl sites for hydroxylation is 1. The van der Waals surface area contributed by atoms with E-state index in [1.54, 1.807) is 19.2 Å². The first-order valence-corrected chi connectivity index (χ1v) is 9.15. The van der Waals surface area contributed by atoms with Crippen LogP contribution in [0.15, 0.2) is 33.9 Å². The fourth-order valence-electron chi connectivity index (χ4n) is 3.76. The molecule has 1 atom stereocenters. The molecule has 0 unspecified atom stereocenters. The molecule has 0 saturated heterocycles. The highest BCUT2D eigenvalue weighted by molar-refractivity contribution is 5.77. The molecule has 0 bridgehead atoms. The maximum absolute atomic E-state index is 13.3. The number of fused-ring (bicyclic) bond motifs is 3. The zero-order valence-corrected chi connectivity index (χ0v) is 15.6. The summed E-state index contributed by atoms with van der Waals surface area (Å²) in [6.45, 7) is 5.74. The molecule has 2 aromatic heterocycles. The van der Waals surface area contributed by atoms with Crippen molar-refractivity contribution in [2.45, 2.75) is 33.4 Å². The Bertz CT molecular complexity index is 1130. The smallest absolute Gasteiger partial charge is 0.312 e. The van der Waals surface area contributed by atoms with E-state index in [1.807, 2.05) is 16.4 Å². The van der Waals surface area contributed by atoms with Gasteiger partial charge in [-0.3, -0.25) is 13.9 Å². The Morgan fingerprint density at radius 3 is 2.56 bits per heavy atom. The second kappa shape index (κ2) is 6.37. The van der Waals surface area contributed by atoms with E-state index in [-0.39, 0.29) is 23.0 Å². The number of aromatic nitrogens is 4. The lowest BCUT2D eigenvalue weighted by Crippen LogP contribution is -2.40. The summed E-state index contributed by atoms with van der Waals surface area (Å²) < 4.78 is 17.9. The minimum Gasteiger partial charge on any atom is -0.312 e. The highest BCUT2D eigenvalue weighted by Crippen LogP contribution is 2.32. The molecular formula is C19H22FN5O2. The molecule has 0 aliphatic carbocycles. The Labute approximate surface area is 155 Å². The molecule has 7 nitrogen and oxygen atoms in total. The second-order valence-corrected chi connectivity index (χ2v) is 7.19. The zero-order valence-electron chi connectivity index (χ0n) is 15.6. The minimum absolute atomic E-state index is 0.260. The number of nitrogens with zero attached hydrogens (tertiary/aromatic N) is 5. The molecule has 0 amide bonds. The molecule has 1 aliphatic rings. The summed E-state index contributed by atoms with van der Waals surface area (Å²) in [4.78, 5) is 32.2. The summed E-state index contributed by atoms with van der Waals surface area (Å²) in [6.07, 6.45) is 0.694. The van der Waals surface area contributed by atoms with Crippen molar-refractivity contribution in [1.82, 2.24) is 18.7 Å². The van der Waals surface area contributed by atoms with Crippen LogP contribution in [-0.2, 0) is 20.1 Å². The van der Waals surface area contributed by atoms with E-state index in [9.17, 15) is 14.0 Å². The molecule has 142 valence electrons. The van der Waals surface area contributed by atoms with Gasteiger partial charge in [0.05, 0.1) is 0 Å². The van der Waals surface area contributed by atoms with Gasteiger partial charge in [-0.2, -0.15) is 4.98 Å². The maximum Gasteiger partial charge on any atom is 0.332 e. The van der Waals surface area contributed by atoms with Gasteiger partial charge in [0.15, 0.2) is 11.2 Å². The summed E-state index contributed by atoms with van der Waals surface area (Å²) in [5.41, 5.74) is 0.971. The van der Waals surface area contributed by atoms with Gasteiger partial charge in [0, 0.05) is 32.4 Å². The zero-order chi connectivity index (χ0) is 19.3. The first kappa shape index (κ1) is 17.5. The topological polar surface area (TPSA) is 65.1 Å². The highest BCUT2D eigenvalue weighted by Gasteiger charge is 2.29. The fraction of sp³-hybridized carbons (Fsp3) is 0.421. The molecule has 3 heterocycles. The molecule has 3 aromatic rings. The van der Waals surface area contributed by atoms with Gasteiger partial charge in [0.1, 0.15) is 5.82 Å². The monoisotopic (exact) mass is 371 g/mol. The van der Waals surface area contributed by atoms with Crippen LogP contribution in [0.5, 0.6) is 0 Å². The van der Waals surface area contributed by atoms with Gasteiger partial charge < -0.3 is 9.47 Å². The molecule has 0 N–H and O–H groups in total. The van der Waals surface area contributed by atoms with Crippen LogP contribution in [0.2, 0.25) is 0 Å². The molecule has 4 rings (SSSR count). The van der Waals surface area contributed by atoms with Crippen molar-refractivity contribution in [3.8, 4) is 0 Å². The Kier molecular flexibility index (Phi) is 4.13. The fourth-order valence-corrected chi connectivity index (χ4v) is 3.76. The average molecular weight is 371 g/mol. The van der Waals surface area contributed by atoms with Crippen molar-refractivity contribution in [2.24, 2.45) is 13.0 Å². The lowest BCUT2D eigenvalue weighted by molar-refractivity contribution is 0.457. The van der Waals surface area contributed by atoms with Crippen LogP contribution in [-0.4, -0.2) is 25.2 Å². The van der Waals surface area contributed by atoms with E-state index < -0.39 is 0 Å². The highest BCUT2D eigenvalue weighted by atomic mass is 19.1. The van der Waals surface area contributed by atoms with Gasteiger partial charge in [0.25, 0.3) is 5.56 Å². The van der Waals surface area contributed by atoms with E-state index in [2.05, 4.69) is 11.9 Å². The number of halogens is 1. The summed E-state index contributed by atoms with van der Waals surface area (Å²) in [5, 5.41) is 0. The first-order chi connectivity index (χ1) is 12.9. The lowest BCUT2D eigenvalue weighted by atomic mass is 10.1. The van der Waals surface area contributed by atoms with Crippen LogP contribution in [0.4, 0.5) is 16.0 Å². The summed E-state index contributed by atoms with van der Waals surface area (Å²) in [7, 11) is 1.64. The molecular weight excluding hydrogens is 349 g/mol. The number of anilines is 2. The van der Waals surface area contributed by atoms with Crippen molar-refractivity contribution < 1.29 is 4.39 Å². The lowest BCUT2D eigenvalue weighted by Gasteiger charge is -2.32. The first-order valence-electron chi connectivity index (χ1n) is 9.15. The Morgan fingerprint density at radius 2 is 1.89 bits per heavy atom. The van der Waals surface area contributed by atoms with Crippen LogP contribution in [0.1, 0.15) is 20.3 Å². The van der Waals surface area contributed by atoms with Gasteiger partial charge in [-0.1, -0.05) is 13.8 Å². The summed E-state index contributed by atoms with van der Waals surface area (Å²) in [5.74, 6) is 0.564. The third-order valence-corrected chi connectivity index (χ3v) is 5.03. The van der Waals surface area contributed by atoms with Gasteiger partial charge in [-0.15, -0.1) is 0 Å². The van der Waals surface area contributed by atoms with Crippen LogP contribution in [0.3, 0.4) is 0 Å². The quantitative estimate of drug-likeness (QED) is 0.708.